The van der Waals surface area contributed by atoms with Crippen molar-refractivity contribution >= 4 is 15.9 Å². The molecule has 0 aromatic rings. The van der Waals surface area contributed by atoms with Gasteiger partial charge in [0.05, 0.1) is 11.2 Å². The summed E-state index contributed by atoms with van der Waals surface area (Å²) in [4.78, 5) is 14.8. The van der Waals surface area contributed by atoms with Crippen LogP contribution in [0.5, 0.6) is 0 Å². The average molecular weight is 330 g/mol. The minimum atomic E-state index is -3.22. The van der Waals surface area contributed by atoms with Crippen LogP contribution in [0.4, 0.5) is 0 Å². The van der Waals surface area contributed by atoms with Gasteiger partial charge in [-0.05, 0) is 19.9 Å². The van der Waals surface area contributed by atoms with Gasteiger partial charge in [-0.2, -0.15) is 0 Å². The van der Waals surface area contributed by atoms with Crippen LogP contribution in [-0.2, 0) is 14.8 Å². The van der Waals surface area contributed by atoms with Crippen LogP contribution in [0.1, 0.15) is 12.8 Å². The molecule has 3 rings (SSSR count). The number of rotatable bonds is 5. The second-order valence-electron chi connectivity index (χ2n) is 6.86. The summed E-state index contributed by atoms with van der Waals surface area (Å²) in [6.07, 6.45) is 1.88. The van der Waals surface area contributed by atoms with Crippen LogP contribution >= 0.6 is 0 Å². The van der Waals surface area contributed by atoms with E-state index in [1.54, 1.807) is 4.31 Å². The normalized spacial score (nSPS) is 33.2. The van der Waals surface area contributed by atoms with E-state index in [9.17, 15) is 13.2 Å². The van der Waals surface area contributed by atoms with Gasteiger partial charge in [-0.25, -0.2) is 12.7 Å². The van der Waals surface area contributed by atoms with Gasteiger partial charge in [-0.3, -0.25) is 4.79 Å². The number of carbonyl (C=O) groups is 1. The van der Waals surface area contributed by atoms with Crippen molar-refractivity contribution in [2.75, 3.05) is 58.6 Å². The summed E-state index contributed by atoms with van der Waals surface area (Å²) < 4.78 is 25.9. The lowest BCUT2D eigenvalue weighted by Crippen LogP contribution is -2.48. The fourth-order valence-electron chi connectivity index (χ4n) is 4.06. The summed E-state index contributed by atoms with van der Waals surface area (Å²) in [5, 5.41) is 6.18. The SMILES string of the molecule is CN1C[C@H]2CNC[C@@]2(C(=O)NCCS(=O)(=O)N2CCCC2)C1. The molecular weight excluding hydrogens is 304 g/mol. The molecule has 1 amide bonds. The van der Waals surface area contributed by atoms with Gasteiger partial charge in [0.25, 0.3) is 0 Å². The predicted molar refractivity (Wildman–Crippen MR) is 83.9 cm³/mol. The molecule has 3 aliphatic heterocycles. The fraction of sp³-hybridized carbons (Fsp3) is 0.929. The average Bonchev–Trinajstić information content (AvgIpc) is 3.12. The number of carbonyl (C=O) groups excluding carboxylic acids is 1. The Morgan fingerprint density at radius 3 is 2.82 bits per heavy atom. The van der Waals surface area contributed by atoms with E-state index in [2.05, 4.69) is 15.5 Å². The monoisotopic (exact) mass is 330 g/mol. The smallest absolute Gasteiger partial charge is 0.229 e. The molecule has 3 heterocycles. The molecule has 0 spiro atoms. The highest BCUT2D eigenvalue weighted by Crippen LogP contribution is 2.38. The molecule has 2 N–H and O–H groups in total. The Hall–Kier alpha value is -0.700. The van der Waals surface area contributed by atoms with Crippen LogP contribution in [0, 0.1) is 11.3 Å². The second-order valence-corrected chi connectivity index (χ2v) is 8.95. The van der Waals surface area contributed by atoms with Crippen molar-refractivity contribution in [1.82, 2.24) is 19.8 Å². The summed E-state index contributed by atoms with van der Waals surface area (Å²) in [6, 6.07) is 0. The van der Waals surface area contributed by atoms with Crippen molar-refractivity contribution in [2.24, 2.45) is 11.3 Å². The molecule has 0 saturated carbocycles. The molecular formula is C14H26N4O3S. The third-order valence-corrected chi connectivity index (χ3v) is 7.12. The largest absolute Gasteiger partial charge is 0.354 e. The summed E-state index contributed by atoms with van der Waals surface area (Å²) in [7, 11) is -1.19. The zero-order chi connectivity index (χ0) is 15.8. The van der Waals surface area contributed by atoms with E-state index in [-0.39, 0.29) is 23.6 Å². The van der Waals surface area contributed by atoms with Gasteiger partial charge in [0.2, 0.25) is 15.9 Å². The number of nitrogens with one attached hydrogen (secondary N) is 2. The Kier molecular flexibility index (Phi) is 4.46. The number of hydrogen-bond donors (Lipinski definition) is 2. The van der Waals surface area contributed by atoms with E-state index in [1.807, 2.05) is 7.05 Å². The number of fused-ring (bicyclic) bond motifs is 1. The minimum absolute atomic E-state index is 0.00273. The first-order valence-electron chi connectivity index (χ1n) is 8.09. The summed E-state index contributed by atoms with van der Waals surface area (Å²) in [5.74, 6) is 0.333. The quantitative estimate of drug-likeness (QED) is 0.653. The van der Waals surface area contributed by atoms with Crippen LogP contribution in [0.25, 0.3) is 0 Å². The van der Waals surface area contributed by atoms with E-state index in [0.717, 1.165) is 32.5 Å². The number of sulfonamides is 1. The third kappa shape index (κ3) is 2.89. The summed E-state index contributed by atoms with van der Waals surface area (Å²) >= 11 is 0. The van der Waals surface area contributed by atoms with E-state index in [4.69, 9.17) is 0 Å². The van der Waals surface area contributed by atoms with Gasteiger partial charge in [0.15, 0.2) is 0 Å². The van der Waals surface area contributed by atoms with Gasteiger partial charge in [-0.1, -0.05) is 0 Å². The van der Waals surface area contributed by atoms with Crippen LogP contribution < -0.4 is 10.6 Å². The molecule has 2 atom stereocenters. The molecule has 0 bridgehead atoms. The predicted octanol–water partition coefficient (Wildman–Crippen LogP) is -1.32. The highest BCUT2D eigenvalue weighted by Gasteiger charge is 2.53. The molecule has 0 unspecified atom stereocenters. The second kappa shape index (κ2) is 6.07. The molecule has 0 aromatic carbocycles. The Bertz CT molecular complexity index is 532. The number of hydrogen-bond acceptors (Lipinski definition) is 5. The summed E-state index contributed by atoms with van der Waals surface area (Å²) in [6.45, 7) is 4.67. The number of amides is 1. The molecule has 22 heavy (non-hydrogen) atoms. The molecule has 3 saturated heterocycles. The maximum atomic E-state index is 12.6. The van der Waals surface area contributed by atoms with E-state index < -0.39 is 10.0 Å². The van der Waals surface area contributed by atoms with Crippen molar-refractivity contribution in [3.8, 4) is 0 Å². The van der Waals surface area contributed by atoms with Crippen molar-refractivity contribution in [3.63, 3.8) is 0 Å². The van der Waals surface area contributed by atoms with Gasteiger partial charge in [0, 0.05) is 51.7 Å². The molecule has 7 nitrogen and oxygen atoms in total. The standard InChI is InChI=1S/C14H26N4O3S/c1-17-9-12-8-15-10-14(12,11-17)13(19)16-4-7-22(20,21)18-5-2-3-6-18/h12,15H,2-11H2,1H3,(H,16,19)/t12-,14-/m1/s1. The lowest BCUT2D eigenvalue weighted by Gasteiger charge is -2.26. The third-order valence-electron chi connectivity index (χ3n) is 5.25. The molecule has 126 valence electrons. The van der Waals surface area contributed by atoms with Crippen LogP contribution in [0.3, 0.4) is 0 Å². The zero-order valence-corrected chi connectivity index (χ0v) is 14.0. The first-order chi connectivity index (χ1) is 10.4. The molecule has 0 aliphatic carbocycles. The highest BCUT2D eigenvalue weighted by atomic mass is 32.2. The van der Waals surface area contributed by atoms with E-state index in [1.165, 1.54) is 0 Å². The Balaban J connectivity index is 1.54. The van der Waals surface area contributed by atoms with Gasteiger partial charge >= 0.3 is 0 Å². The van der Waals surface area contributed by atoms with Gasteiger partial charge in [-0.15, -0.1) is 0 Å². The maximum Gasteiger partial charge on any atom is 0.229 e. The molecule has 3 aliphatic rings. The number of nitrogens with zero attached hydrogens (tertiary/aromatic N) is 2. The summed E-state index contributed by atoms with van der Waals surface area (Å²) in [5.41, 5.74) is -0.383. The topological polar surface area (TPSA) is 81.8 Å². The Morgan fingerprint density at radius 1 is 1.36 bits per heavy atom. The van der Waals surface area contributed by atoms with Gasteiger partial charge in [0.1, 0.15) is 0 Å². The van der Waals surface area contributed by atoms with Crippen molar-refractivity contribution in [2.45, 2.75) is 12.8 Å². The van der Waals surface area contributed by atoms with Crippen LogP contribution in [-0.4, -0.2) is 82.1 Å². The lowest BCUT2D eigenvalue weighted by molar-refractivity contribution is -0.130. The molecule has 0 radical (unpaired) electrons. The molecule has 3 fully saturated rings. The fourth-order valence-corrected chi connectivity index (χ4v) is 5.49. The lowest BCUT2D eigenvalue weighted by atomic mass is 9.80. The van der Waals surface area contributed by atoms with E-state index in [0.29, 0.717) is 25.6 Å². The Morgan fingerprint density at radius 2 is 2.09 bits per heavy atom. The number of likely N-dealkylation sites (tertiary alicyclic amines) is 1. The zero-order valence-electron chi connectivity index (χ0n) is 13.2. The van der Waals surface area contributed by atoms with Crippen molar-refractivity contribution < 1.29 is 13.2 Å². The van der Waals surface area contributed by atoms with Gasteiger partial charge < -0.3 is 15.5 Å². The van der Waals surface area contributed by atoms with Crippen LogP contribution in [0.15, 0.2) is 0 Å². The first kappa shape index (κ1) is 16.2. The van der Waals surface area contributed by atoms with E-state index >= 15 is 0 Å². The van der Waals surface area contributed by atoms with Crippen molar-refractivity contribution in [3.05, 3.63) is 0 Å². The minimum Gasteiger partial charge on any atom is -0.354 e. The van der Waals surface area contributed by atoms with Crippen molar-refractivity contribution in [1.29, 1.82) is 0 Å². The molecule has 8 heteroatoms. The highest BCUT2D eigenvalue weighted by molar-refractivity contribution is 7.89. The first-order valence-corrected chi connectivity index (χ1v) is 9.70. The van der Waals surface area contributed by atoms with Crippen LogP contribution in [0.2, 0.25) is 0 Å². The Labute approximate surface area is 132 Å². The molecule has 0 aromatic heterocycles. The maximum absolute atomic E-state index is 12.6.